The summed E-state index contributed by atoms with van der Waals surface area (Å²) < 4.78 is 10.8. The summed E-state index contributed by atoms with van der Waals surface area (Å²) in [6, 6.07) is 15.3. The standard InChI is InChI=1S/C17H21N3O2/c1-3-22-15-10-6-4-8-13(15)12-19-17(18)20-14-9-5-7-11-16(14)21-2/h4-11H,3,12H2,1-2H3,(H3,18,19,20). The van der Waals surface area contributed by atoms with Crippen molar-refractivity contribution < 1.29 is 9.47 Å². The fraction of sp³-hybridized carbons (Fsp3) is 0.235. The van der Waals surface area contributed by atoms with E-state index in [-0.39, 0.29) is 0 Å². The summed E-state index contributed by atoms with van der Waals surface area (Å²) in [5, 5.41) is 3.05. The summed E-state index contributed by atoms with van der Waals surface area (Å²) >= 11 is 0. The molecule has 0 bridgehead atoms. The summed E-state index contributed by atoms with van der Waals surface area (Å²) in [6.07, 6.45) is 0. The monoisotopic (exact) mass is 299 g/mol. The molecule has 0 amide bonds. The van der Waals surface area contributed by atoms with Gasteiger partial charge in [0.05, 0.1) is 25.9 Å². The second kappa shape index (κ2) is 7.93. The molecule has 0 spiro atoms. The minimum atomic E-state index is 0.329. The molecule has 0 aliphatic carbocycles. The van der Waals surface area contributed by atoms with Crippen molar-refractivity contribution in [3.63, 3.8) is 0 Å². The van der Waals surface area contributed by atoms with E-state index in [2.05, 4.69) is 10.3 Å². The van der Waals surface area contributed by atoms with Crippen LogP contribution in [-0.4, -0.2) is 19.7 Å². The zero-order valence-electron chi connectivity index (χ0n) is 12.9. The molecule has 0 radical (unpaired) electrons. The van der Waals surface area contributed by atoms with Crippen LogP contribution in [-0.2, 0) is 6.54 Å². The van der Waals surface area contributed by atoms with Gasteiger partial charge in [-0.25, -0.2) is 4.99 Å². The Balaban J connectivity index is 2.07. The third kappa shape index (κ3) is 4.15. The fourth-order valence-corrected chi connectivity index (χ4v) is 2.03. The maximum absolute atomic E-state index is 5.94. The van der Waals surface area contributed by atoms with Gasteiger partial charge in [0, 0.05) is 5.56 Å². The number of hydrogen-bond acceptors (Lipinski definition) is 3. The van der Waals surface area contributed by atoms with Crippen LogP contribution in [0.5, 0.6) is 11.5 Å². The summed E-state index contributed by atoms with van der Waals surface area (Å²) in [4.78, 5) is 4.36. The van der Waals surface area contributed by atoms with Crippen LogP contribution in [0.25, 0.3) is 0 Å². The van der Waals surface area contributed by atoms with Crippen molar-refractivity contribution in [2.75, 3.05) is 19.0 Å². The largest absolute Gasteiger partial charge is 0.495 e. The second-order valence-corrected chi connectivity index (χ2v) is 4.57. The van der Waals surface area contributed by atoms with Crippen molar-refractivity contribution >= 4 is 11.6 Å². The number of para-hydroxylation sites is 3. The van der Waals surface area contributed by atoms with Crippen LogP contribution >= 0.6 is 0 Å². The molecule has 0 aromatic heterocycles. The van der Waals surface area contributed by atoms with Crippen LogP contribution in [0.2, 0.25) is 0 Å². The number of methoxy groups -OCH3 is 1. The molecule has 0 saturated heterocycles. The molecule has 0 unspecified atom stereocenters. The lowest BCUT2D eigenvalue weighted by Gasteiger charge is -2.11. The third-order valence-electron chi connectivity index (χ3n) is 3.06. The average Bonchev–Trinajstić information content (AvgIpc) is 2.55. The summed E-state index contributed by atoms with van der Waals surface area (Å²) in [5.41, 5.74) is 7.72. The van der Waals surface area contributed by atoms with Crippen molar-refractivity contribution in [3.05, 3.63) is 54.1 Å². The number of anilines is 1. The highest BCUT2D eigenvalue weighted by Gasteiger charge is 2.04. The normalized spacial score (nSPS) is 11.1. The maximum atomic E-state index is 5.94. The lowest BCUT2D eigenvalue weighted by atomic mass is 10.2. The smallest absolute Gasteiger partial charge is 0.193 e. The molecule has 0 saturated carbocycles. The number of nitrogens with zero attached hydrogens (tertiary/aromatic N) is 1. The summed E-state index contributed by atoms with van der Waals surface area (Å²) in [7, 11) is 1.62. The zero-order chi connectivity index (χ0) is 15.8. The molecule has 2 rings (SSSR count). The molecule has 5 heteroatoms. The van der Waals surface area contributed by atoms with Gasteiger partial charge in [-0.2, -0.15) is 0 Å². The lowest BCUT2D eigenvalue weighted by Crippen LogP contribution is -2.23. The molecular weight excluding hydrogens is 278 g/mol. The topological polar surface area (TPSA) is 68.9 Å². The zero-order valence-corrected chi connectivity index (χ0v) is 12.9. The fourth-order valence-electron chi connectivity index (χ4n) is 2.03. The molecule has 116 valence electrons. The number of aliphatic imine (C=N–C) groups is 1. The number of nitrogens with two attached hydrogens (primary N) is 1. The third-order valence-corrected chi connectivity index (χ3v) is 3.06. The van der Waals surface area contributed by atoms with Gasteiger partial charge in [0.15, 0.2) is 5.96 Å². The second-order valence-electron chi connectivity index (χ2n) is 4.57. The first-order valence-corrected chi connectivity index (χ1v) is 7.15. The Bertz CT molecular complexity index is 641. The Kier molecular flexibility index (Phi) is 5.65. The van der Waals surface area contributed by atoms with Crippen LogP contribution in [0.1, 0.15) is 12.5 Å². The Hall–Kier alpha value is -2.69. The van der Waals surface area contributed by atoms with E-state index >= 15 is 0 Å². The molecular formula is C17H21N3O2. The molecule has 2 aromatic rings. The first kappa shape index (κ1) is 15.7. The number of nitrogens with one attached hydrogen (secondary N) is 1. The molecule has 0 heterocycles. The van der Waals surface area contributed by atoms with E-state index < -0.39 is 0 Å². The van der Waals surface area contributed by atoms with Gasteiger partial charge in [-0.1, -0.05) is 30.3 Å². The van der Waals surface area contributed by atoms with Gasteiger partial charge < -0.3 is 20.5 Å². The van der Waals surface area contributed by atoms with Gasteiger partial charge in [0.25, 0.3) is 0 Å². The van der Waals surface area contributed by atoms with Gasteiger partial charge in [-0.15, -0.1) is 0 Å². The van der Waals surface area contributed by atoms with Crippen molar-refractivity contribution in [3.8, 4) is 11.5 Å². The SMILES string of the molecule is CCOc1ccccc1CN=C(N)Nc1ccccc1OC. The molecule has 2 aromatic carbocycles. The summed E-state index contributed by atoms with van der Waals surface area (Å²) in [6.45, 7) is 3.03. The average molecular weight is 299 g/mol. The van der Waals surface area contributed by atoms with Crippen LogP contribution in [0.4, 0.5) is 5.69 Å². The van der Waals surface area contributed by atoms with E-state index in [1.54, 1.807) is 7.11 Å². The molecule has 0 aliphatic rings. The van der Waals surface area contributed by atoms with Crippen LogP contribution in [0.15, 0.2) is 53.5 Å². The van der Waals surface area contributed by atoms with Crippen LogP contribution in [0, 0.1) is 0 Å². The van der Waals surface area contributed by atoms with E-state index in [1.165, 1.54) is 0 Å². The van der Waals surface area contributed by atoms with Crippen molar-refractivity contribution in [2.45, 2.75) is 13.5 Å². The Morgan fingerprint density at radius 2 is 1.77 bits per heavy atom. The van der Waals surface area contributed by atoms with E-state index in [4.69, 9.17) is 15.2 Å². The highest BCUT2D eigenvalue weighted by Crippen LogP contribution is 2.23. The van der Waals surface area contributed by atoms with Gasteiger partial charge in [-0.05, 0) is 25.1 Å². The number of rotatable bonds is 6. The first-order valence-electron chi connectivity index (χ1n) is 7.15. The van der Waals surface area contributed by atoms with E-state index in [0.717, 1.165) is 22.7 Å². The summed E-state index contributed by atoms with van der Waals surface area (Å²) in [5.74, 6) is 1.88. The van der Waals surface area contributed by atoms with Crippen LogP contribution in [0.3, 0.4) is 0 Å². The predicted molar refractivity (Wildman–Crippen MR) is 89.6 cm³/mol. The maximum Gasteiger partial charge on any atom is 0.193 e. The minimum Gasteiger partial charge on any atom is -0.495 e. The van der Waals surface area contributed by atoms with Gasteiger partial charge in [0.2, 0.25) is 0 Å². The first-order chi connectivity index (χ1) is 10.7. The highest BCUT2D eigenvalue weighted by atomic mass is 16.5. The number of ether oxygens (including phenoxy) is 2. The lowest BCUT2D eigenvalue weighted by molar-refractivity contribution is 0.336. The van der Waals surface area contributed by atoms with Crippen molar-refractivity contribution in [1.82, 2.24) is 0 Å². The van der Waals surface area contributed by atoms with E-state index in [9.17, 15) is 0 Å². The van der Waals surface area contributed by atoms with Gasteiger partial charge >= 0.3 is 0 Å². The minimum absolute atomic E-state index is 0.329. The number of guanidine groups is 1. The number of benzene rings is 2. The molecule has 22 heavy (non-hydrogen) atoms. The Morgan fingerprint density at radius 3 is 2.50 bits per heavy atom. The predicted octanol–water partition coefficient (Wildman–Crippen LogP) is 3.02. The molecule has 3 N–H and O–H groups in total. The Morgan fingerprint density at radius 1 is 1.09 bits per heavy atom. The van der Waals surface area contributed by atoms with Crippen molar-refractivity contribution in [1.29, 1.82) is 0 Å². The van der Waals surface area contributed by atoms with E-state index in [0.29, 0.717) is 19.1 Å². The quantitative estimate of drug-likeness (QED) is 0.635. The Labute approximate surface area is 130 Å². The van der Waals surface area contributed by atoms with Gasteiger partial charge in [0.1, 0.15) is 11.5 Å². The molecule has 5 nitrogen and oxygen atoms in total. The molecule has 0 atom stereocenters. The highest BCUT2D eigenvalue weighted by molar-refractivity contribution is 5.93. The molecule has 0 fully saturated rings. The van der Waals surface area contributed by atoms with Crippen molar-refractivity contribution in [2.24, 2.45) is 10.7 Å². The molecule has 0 aliphatic heterocycles. The van der Waals surface area contributed by atoms with Gasteiger partial charge in [-0.3, -0.25) is 0 Å². The number of hydrogen-bond donors (Lipinski definition) is 2. The van der Waals surface area contributed by atoms with Crippen LogP contribution < -0.4 is 20.5 Å². The van der Waals surface area contributed by atoms with E-state index in [1.807, 2.05) is 55.5 Å².